The number of fused-ring (bicyclic) bond motifs is 2. The molecule has 3 rings (SSSR count). The molecule has 0 heterocycles. The fourth-order valence-corrected chi connectivity index (χ4v) is 4.87. The maximum Gasteiger partial charge on any atom is 0.328 e. The maximum absolute atomic E-state index is 10.8. The summed E-state index contributed by atoms with van der Waals surface area (Å²) in [7, 11) is 0. The van der Waals surface area contributed by atoms with Crippen LogP contribution >= 0.6 is 0 Å². The molecule has 0 saturated carbocycles. The number of rotatable bonds is 4. The lowest BCUT2D eigenvalue weighted by Crippen LogP contribution is -2.34. The maximum atomic E-state index is 10.8. The molecule has 1 N–H and O–H groups in total. The number of hydrogen-bond donors (Lipinski definition) is 1. The van der Waals surface area contributed by atoms with Crippen LogP contribution in [0.3, 0.4) is 0 Å². The zero-order chi connectivity index (χ0) is 19.8. The third-order valence-corrected chi connectivity index (χ3v) is 6.70. The summed E-state index contributed by atoms with van der Waals surface area (Å²) >= 11 is 0. The van der Waals surface area contributed by atoms with Crippen LogP contribution in [0.15, 0.2) is 35.9 Å². The van der Waals surface area contributed by atoms with Crippen LogP contribution in [-0.2, 0) is 22.0 Å². The average Bonchev–Trinajstić information content (AvgIpc) is 2.57. The molecule has 0 fully saturated rings. The second-order valence-electron chi connectivity index (χ2n) is 9.82. The van der Waals surface area contributed by atoms with E-state index in [1.54, 1.807) is 16.7 Å². The van der Waals surface area contributed by atoms with E-state index in [4.69, 9.17) is 5.11 Å². The Morgan fingerprint density at radius 2 is 1.78 bits per heavy atom. The van der Waals surface area contributed by atoms with E-state index in [0.717, 1.165) is 12.0 Å². The van der Waals surface area contributed by atoms with E-state index >= 15 is 0 Å². The standard InChI is InChI=1S/C25H34O2/c1-17(14-23(26)27)8-6-9-18-10-7-11-19-15-21-22(16-20(18)19)25(4,5)13-12-24(21,2)3/h6,8,14-16,18H,7,9-13H2,1-5H3,(H,26,27). The van der Waals surface area contributed by atoms with Crippen molar-refractivity contribution in [2.24, 2.45) is 0 Å². The lowest BCUT2D eigenvalue weighted by atomic mass is 9.61. The molecule has 146 valence electrons. The van der Waals surface area contributed by atoms with E-state index in [0.29, 0.717) is 5.92 Å². The van der Waals surface area contributed by atoms with Gasteiger partial charge in [0.15, 0.2) is 0 Å². The first-order chi connectivity index (χ1) is 12.6. The normalized spacial score (nSPS) is 23.7. The number of hydrogen-bond acceptors (Lipinski definition) is 1. The quantitative estimate of drug-likeness (QED) is 0.492. The molecule has 0 saturated heterocycles. The molecule has 0 aliphatic heterocycles. The zero-order valence-corrected chi connectivity index (χ0v) is 17.6. The SMILES string of the molecule is CC(C=CCC1CCCc2cc3c(cc21)C(C)(C)CCC3(C)C)=CC(=O)O. The first-order valence-corrected chi connectivity index (χ1v) is 10.4. The number of benzene rings is 1. The molecule has 1 unspecified atom stereocenters. The topological polar surface area (TPSA) is 37.3 Å². The fraction of sp³-hybridized carbons (Fsp3) is 0.560. The number of carboxylic acids is 1. The Morgan fingerprint density at radius 3 is 2.41 bits per heavy atom. The van der Waals surface area contributed by atoms with Crippen LogP contribution < -0.4 is 0 Å². The summed E-state index contributed by atoms with van der Waals surface area (Å²) in [5.41, 5.74) is 7.51. The lowest BCUT2D eigenvalue weighted by Gasteiger charge is -2.43. The Labute approximate surface area is 164 Å². The summed E-state index contributed by atoms with van der Waals surface area (Å²) in [6.45, 7) is 11.4. The first kappa shape index (κ1) is 19.9. The minimum Gasteiger partial charge on any atom is -0.478 e. The van der Waals surface area contributed by atoms with Crippen molar-refractivity contribution >= 4 is 5.97 Å². The Bertz CT molecular complexity index is 793. The molecular weight excluding hydrogens is 332 g/mol. The van der Waals surface area contributed by atoms with Gasteiger partial charge in [-0.2, -0.15) is 0 Å². The summed E-state index contributed by atoms with van der Waals surface area (Å²) in [5, 5.41) is 8.86. The second kappa shape index (κ2) is 7.30. The molecule has 0 radical (unpaired) electrons. The predicted octanol–water partition coefficient (Wildman–Crippen LogP) is 6.43. The lowest BCUT2D eigenvalue weighted by molar-refractivity contribution is -0.131. The molecular formula is C25H34O2. The van der Waals surface area contributed by atoms with Gasteiger partial charge >= 0.3 is 5.97 Å². The summed E-state index contributed by atoms with van der Waals surface area (Å²) in [6, 6.07) is 5.06. The van der Waals surface area contributed by atoms with Crippen LogP contribution in [0.2, 0.25) is 0 Å². The van der Waals surface area contributed by atoms with Crippen molar-refractivity contribution in [3.63, 3.8) is 0 Å². The van der Waals surface area contributed by atoms with Crippen LogP contribution in [0.1, 0.15) is 94.9 Å². The molecule has 0 aromatic heterocycles. The number of aliphatic carboxylic acids is 1. The minimum atomic E-state index is -0.878. The second-order valence-corrected chi connectivity index (χ2v) is 9.82. The van der Waals surface area contributed by atoms with E-state index < -0.39 is 5.97 Å². The van der Waals surface area contributed by atoms with E-state index in [1.807, 2.05) is 13.0 Å². The molecule has 2 heteroatoms. The summed E-state index contributed by atoms with van der Waals surface area (Å²) in [4.78, 5) is 10.8. The van der Waals surface area contributed by atoms with E-state index in [-0.39, 0.29) is 10.8 Å². The van der Waals surface area contributed by atoms with E-state index in [2.05, 4.69) is 45.9 Å². The number of carboxylic acid groups (broad SMARTS) is 1. The average molecular weight is 367 g/mol. The van der Waals surface area contributed by atoms with E-state index in [1.165, 1.54) is 43.7 Å². The van der Waals surface area contributed by atoms with Crippen molar-refractivity contribution in [1.29, 1.82) is 0 Å². The van der Waals surface area contributed by atoms with Gasteiger partial charge in [-0.25, -0.2) is 4.79 Å². The first-order valence-electron chi connectivity index (χ1n) is 10.4. The van der Waals surface area contributed by atoms with Crippen LogP contribution in [0, 0.1) is 0 Å². The summed E-state index contributed by atoms with van der Waals surface area (Å²) in [5.74, 6) is -0.328. The van der Waals surface area contributed by atoms with E-state index in [9.17, 15) is 4.79 Å². The molecule has 1 aromatic carbocycles. The van der Waals surface area contributed by atoms with Gasteiger partial charge in [0.05, 0.1) is 0 Å². The predicted molar refractivity (Wildman–Crippen MR) is 113 cm³/mol. The molecule has 27 heavy (non-hydrogen) atoms. The Hall–Kier alpha value is -1.83. The molecule has 2 aliphatic rings. The van der Waals surface area contributed by atoms with Gasteiger partial charge in [0.2, 0.25) is 0 Å². The third kappa shape index (κ3) is 4.20. The Kier molecular flexibility index (Phi) is 5.38. The van der Waals surface area contributed by atoms with Crippen molar-refractivity contribution in [3.8, 4) is 0 Å². The van der Waals surface area contributed by atoms with Crippen molar-refractivity contribution in [2.75, 3.05) is 0 Å². The number of allylic oxidation sites excluding steroid dienone is 3. The number of aryl methyl sites for hydroxylation is 1. The highest BCUT2D eigenvalue weighted by Gasteiger charge is 2.38. The largest absolute Gasteiger partial charge is 0.478 e. The van der Waals surface area contributed by atoms with Crippen molar-refractivity contribution < 1.29 is 9.90 Å². The van der Waals surface area contributed by atoms with Gasteiger partial charge in [-0.1, -0.05) is 52.0 Å². The van der Waals surface area contributed by atoms with Crippen molar-refractivity contribution in [3.05, 3.63) is 58.2 Å². The van der Waals surface area contributed by atoms with Crippen LogP contribution in [0.4, 0.5) is 0 Å². The third-order valence-electron chi connectivity index (χ3n) is 6.70. The highest BCUT2D eigenvalue weighted by molar-refractivity contribution is 5.81. The molecule has 1 atom stereocenters. The van der Waals surface area contributed by atoms with Gasteiger partial charge in [-0.3, -0.25) is 0 Å². The van der Waals surface area contributed by atoms with Gasteiger partial charge in [0.1, 0.15) is 0 Å². The van der Waals surface area contributed by atoms with Gasteiger partial charge in [-0.15, -0.1) is 0 Å². The van der Waals surface area contributed by atoms with Gasteiger partial charge in [0.25, 0.3) is 0 Å². The Balaban J connectivity index is 1.92. The fourth-order valence-electron chi connectivity index (χ4n) is 4.87. The van der Waals surface area contributed by atoms with Gasteiger partial charge in [0, 0.05) is 6.08 Å². The molecule has 0 bridgehead atoms. The molecule has 2 nitrogen and oxygen atoms in total. The highest BCUT2D eigenvalue weighted by Crippen LogP contribution is 2.48. The van der Waals surface area contributed by atoms with Gasteiger partial charge < -0.3 is 5.11 Å². The minimum absolute atomic E-state index is 0.249. The summed E-state index contributed by atoms with van der Waals surface area (Å²) < 4.78 is 0. The smallest absolute Gasteiger partial charge is 0.328 e. The van der Waals surface area contributed by atoms with Crippen molar-refractivity contribution in [1.82, 2.24) is 0 Å². The zero-order valence-electron chi connectivity index (χ0n) is 17.6. The Morgan fingerprint density at radius 1 is 1.15 bits per heavy atom. The summed E-state index contributed by atoms with van der Waals surface area (Å²) in [6.07, 6.45) is 12.5. The van der Waals surface area contributed by atoms with Gasteiger partial charge in [-0.05, 0) is 90.0 Å². The van der Waals surface area contributed by atoms with Crippen molar-refractivity contribution in [2.45, 2.75) is 89.9 Å². The molecule has 0 spiro atoms. The van der Waals surface area contributed by atoms with Crippen LogP contribution in [0.5, 0.6) is 0 Å². The number of carbonyl (C=O) groups is 1. The monoisotopic (exact) mass is 366 g/mol. The molecule has 2 aliphatic carbocycles. The molecule has 1 aromatic rings. The van der Waals surface area contributed by atoms with Crippen LogP contribution in [-0.4, -0.2) is 11.1 Å². The molecule has 0 amide bonds. The highest BCUT2D eigenvalue weighted by atomic mass is 16.4. The van der Waals surface area contributed by atoms with Crippen LogP contribution in [0.25, 0.3) is 0 Å².